The Hall–Kier alpha value is -1.06. The molecule has 1 fully saturated rings. The van der Waals surface area contributed by atoms with Gasteiger partial charge in [-0.2, -0.15) is 0 Å². The van der Waals surface area contributed by atoms with Gasteiger partial charge in [0.25, 0.3) is 0 Å². The first-order valence-corrected chi connectivity index (χ1v) is 6.44. The summed E-state index contributed by atoms with van der Waals surface area (Å²) in [5.41, 5.74) is 0. The quantitative estimate of drug-likeness (QED) is 0.559. The number of esters is 1. The summed E-state index contributed by atoms with van der Waals surface area (Å²) in [4.78, 5) is 25.8. The van der Waals surface area contributed by atoms with Crippen molar-refractivity contribution in [3.63, 3.8) is 0 Å². The summed E-state index contributed by atoms with van der Waals surface area (Å²) in [6.07, 6.45) is 4.43. The molecule has 1 aliphatic heterocycles. The van der Waals surface area contributed by atoms with E-state index in [-0.39, 0.29) is 11.8 Å². The molecular formula is C13H23NO3. The molecule has 0 bridgehead atoms. The van der Waals surface area contributed by atoms with Crippen molar-refractivity contribution in [3.05, 3.63) is 0 Å². The predicted molar refractivity (Wildman–Crippen MR) is 65.4 cm³/mol. The Morgan fingerprint density at radius 1 is 1.06 bits per heavy atom. The van der Waals surface area contributed by atoms with Gasteiger partial charge < -0.3 is 9.64 Å². The molecule has 0 radical (unpaired) electrons. The lowest BCUT2D eigenvalue weighted by atomic mass is 9.94. The first-order valence-electron chi connectivity index (χ1n) is 6.44. The third-order valence-electron chi connectivity index (χ3n) is 3.31. The first kappa shape index (κ1) is 14.0. The minimum atomic E-state index is -0.641. The van der Waals surface area contributed by atoms with Crippen LogP contribution in [0.15, 0.2) is 0 Å². The summed E-state index contributed by atoms with van der Waals surface area (Å²) in [6.45, 7) is 5.33. The third kappa shape index (κ3) is 3.72. The number of hydrogen-bond acceptors (Lipinski definition) is 3. The Bertz CT molecular complexity index is 268. The molecule has 0 aromatic heterocycles. The van der Waals surface area contributed by atoms with Crippen LogP contribution in [0.25, 0.3) is 0 Å². The fraction of sp³-hybridized carbons (Fsp3) is 0.846. The number of amides is 1. The summed E-state index contributed by atoms with van der Waals surface area (Å²) >= 11 is 0. The second-order valence-corrected chi connectivity index (χ2v) is 4.98. The highest BCUT2D eigenvalue weighted by molar-refractivity contribution is 5.98. The molecule has 1 unspecified atom stereocenters. The van der Waals surface area contributed by atoms with Gasteiger partial charge >= 0.3 is 5.97 Å². The second-order valence-electron chi connectivity index (χ2n) is 4.98. The van der Waals surface area contributed by atoms with Crippen LogP contribution in [0.3, 0.4) is 0 Å². The predicted octanol–water partition coefficient (Wildman–Crippen LogP) is 1.83. The summed E-state index contributed by atoms with van der Waals surface area (Å²) in [6, 6.07) is 0. The molecule has 4 nitrogen and oxygen atoms in total. The van der Waals surface area contributed by atoms with Crippen molar-refractivity contribution in [3.8, 4) is 0 Å². The lowest BCUT2D eigenvalue weighted by molar-refractivity contribution is -0.155. The topological polar surface area (TPSA) is 46.6 Å². The first-order chi connectivity index (χ1) is 8.07. The van der Waals surface area contributed by atoms with Crippen LogP contribution in [0.1, 0.15) is 39.5 Å². The van der Waals surface area contributed by atoms with Gasteiger partial charge in [-0.15, -0.1) is 0 Å². The number of rotatable bonds is 3. The van der Waals surface area contributed by atoms with Gasteiger partial charge in [0, 0.05) is 13.1 Å². The van der Waals surface area contributed by atoms with Crippen LogP contribution in [0, 0.1) is 11.8 Å². The highest BCUT2D eigenvalue weighted by Gasteiger charge is 2.34. The maximum absolute atomic E-state index is 12.3. The van der Waals surface area contributed by atoms with E-state index in [4.69, 9.17) is 4.74 Å². The largest absolute Gasteiger partial charge is 0.468 e. The minimum Gasteiger partial charge on any atom is -0.468 e. The monoisotopic (exact) mass is 241 g/mol. The van der Waals surface area contributed by atoms with E-state index in [0.29, 0.717) is 0 Å². The van der Waals surface area contributed by atoms with Gasteiger partial charge in [-0.25, -0.2) is 0 Å². The minimum absolute atomic E-state index is 0.0156. The van der Waals surface area contributed by atoms with Crippen LogP contribution in [0.5, 0.6) is 0 Å². The lowest BCUT2D eigenvalue weighted by Gasteiger charge is -2.26. The SMILES string of the molecule is COC(=O)C(C(=O)N1CCCCCC1)C(C)C. The molecule has 1 aliphatic rings. The lowest BCUT2D eigenvalue weighted by Crippen LogP contribution is -2.42. The van der Waals surface area contributed by atoms with Gasteiger partial charge in [-0.05, 0) is 18.8 Å². The van der Waals surface area contributed by atoms with E-state index < -0.39 is 11.9 Å². The Morgan fingerprint density at radius 2 is 1.59 bits per heavy atom. The van der Waals surface area contributed by atoms with E-state index in [0.717, 1.165) is 25.9 Å². The Morgan fingerprint density at radius 3 is 2.00 bits per heavy atom. The van der Waals surface area contributed by atoms with E-state index in [9.17, 15) is 9.59 Å². The van der Waals surface area contributed by atoms with Crippen LogP contribution in [-0.2, 0) is 14.3 Å². The number of nitrogens with zero attached hydrogens (tertiary/aromatic N) is 1. The van der Waals surface area contributed by atoms with Crippen molar-refractivity contribution in [1.29, 1.82) is 0 Å². The average Bonchev–Trinajstić information content (AvgIpc) is 2.56. The van der Waals surface area contributed by atoms with Crippen LogP contribution >= 0.6 is 0 Å². The zero-order valence-electron chi connectivity index (χ0n) is 11.1. The second kappa shape index (κ2) is 6.62. The molecule has 0 N–H and O–H groups in total. The van der Waals surface area contributed by atoms with Crippen LogP contribution in [0.2, 0.25) is 0 Å². The van der Waals surface area contributed by atoms with E-state index in [1.807, 2.05) is 18.7 Å². The summed E-state index contributed by atoms with van der Waals surface area (Å²) in [7, 11) is 1.34. The molecule has 1 atom stereocenters. The number of ether oxygens (including phenoxy) is 1. The highest BCUT2D eigenvalue weighted by atomic mass is 16.5. The van der Waals surface area contributed by atoms with Gasteiger partial charge in [0.1, 0.15) is 5.92 Å². The standard InChI is InChI=1S/C13H23NO3/c1-10(2)11(13(16)17-3)12(15)14-8-6-4-5-7-9-14/h10-11H,4-9H2,1-3H3. The molecule has 1 heterocycles. The van der Waals surface area contributed by atoms with Gasteiger partial charge in [0.2, 0.25) is 5.91 Å². The summed E-state index contributed by atoms with van der Waals surface area (Å²) in [5, 5.41) is 0. The smallest absolute Gasteiger partial charge is 0.318 e. The van der Waals surface area contributed by atoms with Gasteiger partial charge in [-0.3, -0.25) is 9.59 Å². The highest BCUT2D eigenvalue weighted by Crippen LogP contribution is 2.19. The van der Waals surface area contributed by atoms with Crippen molar-refractivity contribution < 1.29 is 14.3 Å². The van der Waals surface area contributed by atoms with Crippen LogP contribution in [0.4, 0.5) is 0 Å². The number of methoxy groups -OCH3 is 1. The molecule has 0 spiro atoms. The number of likely N-dealkylation sites (tertiary alicyclic amines) is 1. The Labute approximate surface area is 103 Å². The molecule has 1 amide bonds. The maximum atomic E-state index is 12.3. The number of hydrogen-bond donors (Lipinski definition) is 0. The van der Waals surface area contributed by atoms with Gasteiger partial charge in [-0.1, -0.05) is 26.7 Å². The third-order valence-corrected chi connectivity index (χ3v) is 3.31. The fourth-order valence-corrected chi connectivity index (χ4v) is 2.27. The molecule has 98 valence electrons. The Kier molecular flexibility index (Phi) is 5.45. The molecule has 0 aromatic rings. The van der Waals surface area contributed by atoms with E-state index >= 15 is 0 Å². The van der Waals surface area contributed by atoms with Crippen LogP contribution in [-0.4, -0.2) is 37.0 Å². The normalized spacial score (nSPS) is 18.7. The average molecular weight is 241 g/mol. The van der Waals surface area contributed by atoms with Crippen molar-refractivity contribution in [2.45, 2.75) is 39.5 Å². The van der Waals surface area contributed by atoms with Crippen molar-refractivity contribution in [1.82, 2.24) is 4.90 Å². The van der Waals surface area contributed by atoms with Crippen LogP contribution < -0.4 is 0 Å². The number of carbonyl (C=O) groups is 2. The van der Waals surface area contributed by atoms with E-state index in [2.05, 4.69) is 0 Å². The van der Waals surface area contributed by atoms with Crippen molar-refractivity contribution in [2.24, 2.45) is 11.8 Å². The van der Waals surface area contributed by atoms with Gasteiger partial charge in [0.15, 0.2) is 0 Å². The van der Waals surface area contributed by atoms with Crippen molar-refractivity contribution in [2.75, 3.05) is 20.2 Å². The molecular weight excluding hydrogens is 218 g/mol. The molecule has 1 rings (SSSR count). The Balaban J connectivity index is 2.72. The molecule has 17 heavy (non-hydrogen) atoms. The van der Waals surface area contributed by atoms with Crippen molar-refractivity contribution >= 4 is 11.9 Å². The number of carbonyl (C=O) groups excluding carboxylic acids is 2. The van der Waals surface area contributed by atoms with E-state index in [1.54, 1.807) is 0 Å². The molecule has 4 heteroatoms. The zero-order chi connectivity index (χ0) is 12.8. The maximum Gasteiger partial charge on any atom is 0.318 e. The van der Waals surface area contributed by atoms with E-state index in [1.165, 1.54) is 20.0 Å². The fourth-order valence-electron chi connectivity index (χ4n) is 2.27. The summed E-state index contributed by atoms with van der Waals surface area (Å²) < 4.78 is 4.73. The zero-order valence-corrected chi connectivity index (χ0v) is 11.1. The summed E-state index contributed by atoms with van der Waals surface area (Å²) in [5.74, 6) is -1.13. The molecule has 1 saturated heterocycles. The molecule has 0 aliphatic carbocycles. The molecule has 0 saturated carbocycles. The van der Waals surface area contributed by atoms with Gasteiger partial charge in [0.05, 0.1) is 7.11 Å². The molecule has 0 aromatic carbocycles.